The third kappa shape index (κ3) is 2.94. The Hall–Kier alpha value is -2.57. The number of aromatic nitrogens is 4. The highest BCUT2D eigenvalue weighted by atomic mass is 16.1. The predicted molar refractivity (Wildman–Crippen MR) is 62.8 cm³/mol. The molecule has 0 aliphatic rings. The first kappa shape index (κ1) is 10.9. The molecule has 0 unspecified atom stereocenters. The van der Waals surface area contributed by atoms with Gasteiger partial charge in [-0.15, -0.1) is 0 Å². The smallest absolute Gasteiger partial charge is 0.265 e. The summed E-state index contributed by atoms with van der Waals surface area (Å²) in [6.45, 7) is 1.72. The monoisotopic (exact) mass is 230 g/mol. The minimum Gasteiger partial charge on any atom is -0.265 e. The molecular weight excluding hydrogens is 220 g/mol. The number of hydrazone groups is 1. The summed E-state index contributed by atoms with van der Waals surface area (Å²) in [4.78, 5) is 18.5. The van der Waals surface area contributed by atoms with Gasteiger partial charge in [-0.25, -0.2) is 9.89 Å². The van der Waals surface area contributed by atoms with Crippen LogP contribution in [-0.4, -0.2) is 26.4 Å². The lowest BCUT2D eigenvalue weighted by Crippen LogP contribution is -2.15. The first-order chi connectivity index (χ1) is 8.25. The molecule has 0 fully saturated rings. The fraction of sp³-hybridized carbons (Fsp3) is 0.100. The molecule has 0 spiro atoms. The van der Waals surface area contributed by atoms with Crippen molar-refractivity contribution in [3.05, 3.63) is 46.3 Å². The van der Waals surface area contributed by atoms with Crippen molar-refractivity contribution in [3.8, 4) is 0 Å². The molecule has 0 amide bonds. The van der Waals surface area contributed by atoms with Gasteiger partial charge in [0.15, 0.2) is 5.82 Å². The van der Waals surface area contributed by atoms with Gasteiger partial charge in [0.1, 0.15) is 5.69 Å². The largest absolute Gasteiger partial charge is 0.363 e. The van der Waals surface area contributed by atoms with E-state index in [0.29, 0.717) is 11.5 Å². The second-order valence-corrected chi connectivity index (χ2v) is 3.23. The molecule has 0 aliphatic heterocycles. The number of nitrogens with zero attached hydrogens (tertiary/aromatic N) is 4. The quantitative estimate of drug-likeness (QED) is 0.584. The van der Waals surface area contributed by atoms with E-state index in [1.165, 1.54) is 0 Å². The minimum absolute atomic E-state index is 0.332. The fourth-order valence-electron chi connectivity index (χ4n) is 1.12. The summed E-state index contributed by atoms with van der Waals surface area (Å²) >= 11 is 0. The third-order valence-electron chi connectivity index (χ3n) is 1.97. The van der Waals surface area contributed by atoms with Crippen LogP contribution < -0.4 is 11.1 Å². The Balaban J connectivity index is 2.10. The zero-order chi connectivity index (χ0) is 12.1. The lowest BCUT2D eigenvalue weighted by Gasteiger charge is -2.00. The Kier molecular flexibility index (Phi) is 3.20. The van der Waals surface area contributed by atoms with Crippen molar-refractivity contribution in [2.45, 2.75) is 6.92 Å². The third-order valence-corrected chi connectivity index (χ3v) is 1.97. The Morgan fingerprint density at radius 3 is 2.94 bits per heavy atom. The number of rotatable bonds is 3. The van der Waals surface area contributed by atoms with E-state index in [2.05, 4.69) is 30.7 Å². The summed E-state index contributed by atoms with van der Waals surface area (Å²) in [7, 11) is 0. The van der Waals surface area contributed by atoms with Crippen molar-refractivity contribution < 1.29 is 0 Å². The van der Waals surface area contributed by atoms with E-state index in [1.807, 2.05) is 12.1 Å². The Bertz CT molecular complexity index is 577. The van der Waals surface area contributed by atoms with E-state index in [9.17, 15) is 4.79 Å². The van der Waals surface area contributed by atoms with Crippen LogP contribution in [0.5, 0.6) is 0 Å². The van der Waals surface area contributed by atoms with Gasteiger partial charge in [-0.3, -0.25) is 10.4 Å². The van der Waals surface area contributed by atoms with Gasteiger partial charge in [0.2, 0.25) is 0 Å². The molecule has 2 N–H and O–H groups in total. The number of aryl methyl sites for hydroxylation is 1. The van der Waals surface area contributed by atoms with E-state index >= 15 is 0 Å². The van der Waals surface area contributed by atoms with Crippen LogP contribution in [0.15, 0.2) is 34.4 Å². The average molecular weight is 230 g/mol. The topological polar surface area (TPSA) is 95.9 Å². The van der Waals surface area contributed by atoms with Gasteiger partial charge in [0.05, 0.1) is 6.21 Å². The number of aromatic amines is 1. The van der Waals surface area contributed by atoms with Gasteiger partial charge >= 0.3 is 5.69 Å². The van der Waals surface area contributed by atoms with Crippen molar-refractivity contribution in [2.75, 3.05) is 5.43 Å². The van der Waals surface area contributed by atoms with Crippen molar-refractivity contribution >= 4 is 12.0 Å². The summed E-state index contributed by atoms with van der Waals surface area (Å²) in [6.07, 6.45) is 4.93. The molecular formula is C10H10N6O. The summed E-state index contributed by atoms with van der Waals surface area (Å²) in [5.74, 6) is 0.332. The SMILES string of the molecule is Cc1n[nH]c(=O)nc1N/N=C/c1ccncc1. The summed E-state index contributed by atoms with van der Waals surface area (Å²) in [6, 6.07) is 3.61. The molecule has 0 bridgehead atoms. The van der Waals surface area contributed by atoms with Gasteiger partial charge in [0, 0.05) is 12.4 Å². The first-order valence-electron chi connectivity index (χ1n) is 4.88. The number of anilines is 1. The molecule has 0 saturated carbocycles. The molecule has 0 aromatic carbocycles. The lowest BCUT2D eigenvalue weighted by molar-refractivity contribution is 0.879. The molecule has 17 heavy (non-hydrogen) atoms. The molecule has 0 aliphatic carbocycles. The molecule has 0 radical (unpaired) electrons. The van der Waals surface area contributed by atoms with Crippen LogP contribution in [-0.2, 0) is 0 Å². The minimum atomic E-state index is -0.516. The highest BCUT2D eigenvalue weighted by Crippen LogP contribution is 2.02. The number of hydrogen-bond donors (Lipinski definition) is 2. The number of nitrogens with one attached hydrogen (secondary N) is 2. The normalized spacial score (nSPS) is 10.6. The van der Waals surface area contributed by atoms with Crippen LogP contribution in [0.3, 0.4) is 0 Å². The standard InChI is InChI=1S/C10H10N6O/c1-7-9(13-10(17)16-14-7)15-12-6-8-2-4-11-5-3-8/h2-6H,1H3,(H2,13,15,16,17)/b12-6+. The highest BCUT2D eigenvalue weighted by Gasteiger charge is 1.99. The van der Waals surface area contributed by atoms with Gasteiger partial charge in [0.25, 0.3) is 0 Å². The van der Waals surface area contributed by atoms with Crippen LogP contribution in [0, 0.1) is 6.92 Å². The Labute approximate surface area is 96.6 Å². The van der Waals surface area contributed by atoms with Crippen LogP contribution in [0.2, 0.25) is 0 Å². The van der Waals surface area contributed by atoms with Crippen LogP contribution in [0.25, 0.3) is 0 Å². The van der Waals surface area contributed by atoms with Gasteiger partial charge in [-0.1, -0.05) is 0 Å². The van der Waals surface area contributed by atoms with Crippen molar-refractivity contribution in [1.82, 2.24) is 20.2 Å². The van der Waals surface area contributed by atoms with E-state index < -0.39 is 5.69 Å². The average Bonchev–Trinajstić information content (AvgIpc) is 2.35. The molecule has 86 valence electrons. The van der Waals surface area contributed by atoms with Crippen LogP contribution in [0.1, 0.15) is 11.3 Å². The van der Waals surface area contributed by atoms with E-state index in [0.717, 1.165) is 5.56 Å². The summed E-state index contributed by atoms with van der Waals surface area (Å²) in [5.41, 5.74) is 3.60. The molecule has 7 heteroatoms. The fourth-order valence-corrected chi connectivity index (χ4v) is 1.12. The molecule has 2 heterocycles. The molecule has 0 atom stereocenters. The highest BCUT2D eigenvalue weighted by molar-refractivity contribution is 5.79. The summed E-state index contributed by atoms with van der Waals surface area (Å²) < 4.78 is 0. The van der Waals surface area contributed by atoms with E-state index in [1.54, 1.807) is 25.5 Å². The molecule has 7 nitrogen and oxygen atoms in total. The molecule has 2 rings (SSSR count). The van der Waals surface area contributed by atoms with Crippen molar-refractivity contribution in [2.24, 2.45) is 5.10 Å². The maximum Gasteiger partial charge on any atom is 0.363 e. The van der Waals surface area contributed by atoms with Gasteiger partial charge < -0.3 is 0 Å². The Morgan fingerprint density at radius 1 is 1.41 bits per heavy atom. The van der Waals surface area contributed by atoms with Crippen LogP contribution in [0.4, 0.5) is 5.82 Å². The molecule has 2 aromatic heterocycles. The Morgan fingerprint density at radius 2 is 2.18 bits per heavy atom. The van der Waals surface area contributed by atoms with Crippen LogP contribution >= 0.6 is 0 Å². The maximum atomic E-state index is 10.9. The van der Waals surface area contributed by atoms with E-state index in [-0.39, 0.29) is 0 Å². The lowest BCUT2D eigenvalue weighted by atomic mass is 10.3. The summed E-state index contributed by atoms with van der Waals surface area (Å²) in [5, 5.41) is 9.94. The molecule has 0 saturated heterocycles. The second kappa shape index (κ2) is 4.97. The van der Waals surface area contributed by atoms with Gasteiger partial charge in [-0.05, 0) is 24.6 Å². The zero-order valence-electron chi connectivity index (χ0n) is 9.08. The van der Waals surface area contributed by atoms with Crippen molar-refractivity contribution in [3.63, 3.8) is 0 Å². The van der Waals surface area contributed by atoms with Gasteiger partial charge in [-0.2, -0.15) is 15.2 Å². The number of hydrogen-bond acceptors (Lipinski definition) is 6. The first-order valence-corrected chi connectivity index (χ1v) is 4.88. The zero-order valence-corrected chi connectivity index (χ0v) is 9.08. The van der Waals surface area contributed by atoms with Crippen molar-refractivity contribution in [1.29, 1.82) is 0 Å². The maximum absolute atomic E-state index is 10.9. The second-order valence-electron chi connectivity index (χ2n) is 3.23. The number of pyridine rings is 1. The van der Waals surface area contributed by atoms with E-state index in [4.69, 9.17) is 0 Å². The molecule has 2 aromatic rings. The number of H-pyrrole nitrogens is 1. The predicted octanol–water partition coefficient (Wildman–Crippen LogP) is 0.314.